The van der Waals surface area contributed by atoms with E-state index in [2.05, 4.69) is 35.1 Å². The molecule has 0 radical (unpaired) electrons. The molecule has 0 amide bonds. The van der Waals surface area contributed by atoms with Crippen LogP contribution >= 0.6 is 0 Å². The Bertz CT molecular complexity index is 327. The van der Waals surface area contributed by atoms with Crippen LogP contribution in [-0.4, -0.2) is 41.6 Å². The number of rotatable bonds is 3. The molecule has 0 aromatic carbocycles. The first-order chi connectivity index (χ1) is 8.74. The van der Waals surface area contributed by atoms with Crippen LogP contribution in [0, 0.1) is 0 Å². The minimum absolute atomic E-state index is 0.640. The number of nitrogens with zero attached hydrogens (tertiary/aromatic N) is 2. The Morgan fingerprint density at radius 3 is 2.61 bits per heavy atom. The molecule has 2 unspecified atom stereocenters. The van der Waals surface area contributed by atoms with Crippen molar-refractivity contribution in [1.82, 2.24) is 15.2 Å². The van der Waals surface area contributed by atoms with Crippen LogP contribution in [0.25, 0.3) is 0 Å². The highest BCUT2D eigenvalue weighted by molar-refractivity contribution is 5.08. The Labute approximate surface area is 111 Å². The lowest BCUT2D eigenvalue weighted by Gasteiger charge is -2.30. The zero-order chi connectivity index (χ0) is 12.8. The number of hydrogen-bond acceptors (Lipinski definition) is 3. The molecule has 1 aliphatic rings. The van der Waals surface area contributed by atoms with Crippen molar-refractivity contribution in [3.63, 3.8) is 0 Å². The second-order valence-electron chi connectivity index (χ2n) is 5.50. The second kappa shape index (κ2) is 6.86. The molecule has 3 heteroatoms. The molecule has 1 aromatic rings. The predicted octanol–water partition coefficient (Wildman–Crippen LogP) is 2.09. The van der Waals surface area contributed by atoms with Gasteiger partial charge in [0.25, 0.3) is 0 Å². The van der Waals surface area contributed by atoms with Gasteiger partial charge >= 0.3 is 0 Å². The molecule has 18 heavy (non-hydrogen) atoms. The van der Waals surface area contributed by atoms with Crippen LogP contribution in [0.15, 0.2) is 24.5 Å². The lowest BCUT2D eigenvalue weighted by molar-refractivity contribution is 0.221. The van der Waals surface area contributed by atoms with E-state index in [0.717, 1.165) is 13.0 Å². The first-order valence-corrected chi connectivity index (χ1v) is 7.11. The molecule has 1 saturated heterocycles. The van der Waals surface area contributed by atoms with Gasteiger partial charge in [-0.05, 0) is 57.8 Å². The summed E-state index contributed by atoms with van der Waals surface area (Å²) in [5.41, 5.74) is 1.35. The Kier molecular flexibility index (Phi) is 5.14. The SMILES string of the molecule is CC1CCN(CCc2cccnc2)CCC(C)N1. The van der Waals surface area contributed by atoms with Gasteiger partial charge < -0.3 is 10.2 Å². The van der Waals surface area contributed by atoms with Crippen molar-refractivity contribution < 1.29 is 0 Å². The molecule has 2 heterocycles. The molecule has 1 fully saturated rings. The molecule has 0 saturated carbocycles. The van der Waals surface area contributed by atoms with Crippen molar-refractivity contribution in [3.05, 3.63) is 30.1 Å². The fourth-order valence-electron chi connectivity index (χ4n) is 2.57. The minimum atomic E-state index is 0.640. The van der Waals surface area contributed by atoms with Crippen LogP contribution in [0.4, 0.5) is 0 Å². The van der Waals surface area contributed by atoms with E-state index in [0.29, 0.717) is 12.1 Å². The molecule has 0 aliphatic carbocycles. The van der Waals surface area contributed by atoms with Gasteiger partial charge in [-0.1, -0.05) is 6.07 Å². The summed E-state index contributed by atoms with van der Waals surface area (Å²) >= 11 is 0. The molecule has 2 atom stereocenters. The van der Waals surface area contributed by atoms with Gasteiger partial charge in [0.2, 0.25) is 0 Å². The lowest BCUT2D eigenvalue weighted by atomic mass is 10.1. The maximum absolute atomic E-state index is 4.18. The largest absolute Gasteiger partial charge is 0.312 e. The molecule has 100 valence electrons. The number of pyridine rings is 1. The van der Waals surface area contributed by atoms with Crippen molar-refractivity contribution >= 4 is 0 Å². The maximum Gasteiger partial charge on any atom is 0.0300 e. The summed E-state index contributed by atoms with van der Waals surface area (Å²) in [7, 11) is 0. The molecule has 1 N–H and O–H groups in total. The minimum Gasteiger partial charge on any atom is -0.312 e. The van der Waals surface area contributed by atoms with E-state index in [-0.39, 0.29) is 0 Å². The van der Waals surface area contributed by atoms with Gasteiger partial charge in [0.05, 0.1) is 0 Å². The number of nitrogens with one attached hydrogen (secondary N) is 1. The van der Waals surface area contributed by atoms with Gasteiger partial charge in [-0.15, -0.1) is 0 Å². The fourth-order valence-corrected chi connectivity index (χ4v) is 2.57. The maximum atomic E-state index is 4.18. The van der Waals surface area contributed by atoms with E-state index in [9.17, 15) is 0 Å². The first-order valence-electron chi connectivity index (χ1n) is 7.11. The molecule has 1 aromatic heterocycles. The molecule has 2 rings (SSSR count). The molecule has 3 nitrogen and oxygen atoms in total. The van der Waals surface area contributed by atoms with Crippen LogP contribution in [0.5, 0.6) is 0 Å². The van der Waals surface area contributed by atoms with Gasteiger partial charge in [-0.3, -0.25) is 4.98 Å². The molecular formula is C15H25N3. The van der Waals surface area contributed by atoms with E-state index in [1.54, 1.807) is 0 Å². The quantitative estimate of drug-likeness (QED) is 0.886. The summed E-state index contributed by atoms with van der Waals surface area (Å²) < 4.78 is 0. The topological polar surface area (TPSA) is 28.2 Å². The highest BCUT2D eigenvalue weighted by Gasteiger charge is 2.15. The van der Waals surface area contributed by atoms with Crippen LogP contribution in [0.2, 0.25) is 0 Å². The summed E-state index contributed by atoms with van der Waals surface area (Å²) in [5, 5.41) is 3.64. The summed E-state index contributed by atoms with van der Waals surface area (Å²) in [4.78, 5) is 6.78. The first kappa shape index (κ1) is 13.5. The highest BCUT2D eigenvalue weighted by atomic mass is 15.1. The Hall–Kier alpha value is -0.930. The highest BCUT2D eigenvalue weighted by Crippen LogP contribution is 2.08. The van der Waals surface area contributed by atoms with E-state index in [1.807, 2.05) is 18.5 Å². The fraction of sp³-hybridized carbons (Fsp3) is 0.667. The van der Waals surface area contributed by atoms with Gasteiger partial charge in [-0.2, -0.15) is 0 Å². The Balaban J connectivity index is 1.81. The normalized spacial score (nSPS) is 26.6. The smallest absolute Gasteiger partial charge is 0.0300 e. The summed E-state index contributed by atoms with van der Waals surface area (Å²) in [6.07, 6.45) is 7.43. The second-order valence-corrected chi connectivity index (χ2v) is 5.50. The van der Waals surface area contributed by atoms with Crippen molar-refractivity contribution in [2.24, 2.45) is 0 Å². The number of aromatic nitrogens is 1. The zero-order valence-corrected chi connectivity index (χ0v) is 11.6. The van der Waals surface area contributed by atoms with Crippen LogP contribution in [0.1, 0.15) is 32.3 Å². The van der Waals surface area contributed by atoms with Gasteiger partial charge in [0.15, 0.2) is 0 Å². The van der Waals surface area contributed by atoms with Crippen molar-refractivity contribution in [2.45, 2.75) is 45.2 Å². The average Bonchev–Trinajstić information content (AvgIpc) is 2.37. The standard InChI is InChI=1S/C15H25N3/c1-13-5-9-18(10-6-14(2)17-13)11-7-15-4-3-8-16-12-15/h3-4,8,12-14,17H,5-7,9-11H2,1-2H3. The van der Waals surface area contributed by atoms with E-state index in [4.69, 9.17) is 0 Å². The van der Waals surface area contributed by atoms with Crippen LogP contribution in [-0.2, 0) is 6.42 Å². The van der Waals surface area contributed by atoms with Gasteiger partial charge in [0.1, 0.15) is 0 Å². The molecular weight excluding hydrogens is 222 g/mol. The summed E-state index contributed by atoms with van der Waals surface area (Å²) in [5.74, 6) is 0. The Morgan fingerprint density at radius 2 is 2.00 bits per heavy atom. The molecule has 0 spiro atoms. The van der Waals surface area contributed by atoms with Gasteiger partial charge in [-0.25, -0.2) is 0 Å². The lowest BCUT2D eigenvalue weighted by Crippen LogP contribution is -2.43. The van der Waals surface area contributed by atoms with Crippen molar-refractivity contribution in [3.8, 4) is 0 Å². The van der Waals surface area contributed by atoms with Crippen molar-refractivity contribution in [2.75, 3.05) is 19.6 Å². The predicted molar refractivity (Wildman–Crippen MR) is 75.7 cm³/mol. The third-order valence-electron chi connectivity index (χ3n) is 3.77. The van der Waals surface area contributed by atoms with Crippen LogP contribution in [0.3, 0.4) is 0 Å². The Morgan fingerprint density at radius 1 is 1.28 bits per heavy atom. The van der Waals surface area contributed by atoms with E-state index < -0.39 is 0 Å². The van der Waals surface area contributed by atoms with Crippen molar-refractivity contribution in [1.29, 1.82) is 0 Å². The average molecular weight is 247 g/mol. The summed E-state index contributed by atoms with van der Waals surface area (Å²) in [6.45, 7) is 8.16. The zero-order valence-electron chi connectivity index (χ0n) is 11.6. The third-order valence-corrected chi connectivity index (χ3v) is 3.77. The number of hydrogen-bond donors (Lipinski definition) is 1. The summed E-state index contributed by atoms with van der Waals surface area (Å²) in [6, 6.07) is 5.48. The van der Waals surface area contributed by atoms with Gasteiger partial charge in [0, 0.05) is 31.0 Å². The van der Waals surface area contributed by atoms with E-state index >= 15 is 0 Å². The molecule has 0 bridgehead atoms. The van der Waals surface area contributed by atoms with Crippen LogP contribution < -0.4 is 5.32 Å². The monoisotopic (exact) mass is 247 g/mol. The van der Waals surface area contributed by atoms with E-state index in [1.165, 1.54) is 31.5 Å². The third kappa shape index (κ3) is 4.39. The molecule has 1 aliphatic heterocycles.